The van der Waals surface area contributed by atoms with Crippen LogP contribution in [0.4, 0.5) is 0 Å². The Morgan fingerprint density at radius 1 is 1.35 bits per heavy atom. The van der Waals surface area contributed by atoms with Crippen molar-refractivity contribution >= 4 is 17.7 Å². The minimum absolute atomic E-state index is 0.0280. The van der Waals surface area contributed by atoms with E-state index in [1.807, 2.05) is 0 Å². The van der Waals surface area contributed by atoms with E-state index in [0.29, 0.717) is 36.4 Å². The topological polar surface area (TPSA) is 88.7 Å². The summed E-state index contributed by atoms with van der Waals surface area (Å²) < 4.78 is 10.4. The molecule has 1 aromatic rings. The van der Waals surface area contributed by atoms with Gasteiger partial charge in [0.1, 0.15) is 5.69 Å². The molecule has 144 valence electrons. The fourth-order valence-corrected chi connectivity index (χ4v) is 3.46. The van der Waals surface area contributed by atoms with Gasteiger partial charge in [0.25, 0.3) is 0 Å². The number of ether oxygens (including phenoxy) is 2. The third-order valence-electron chi connectivity index (χ3n) is 4.97. The Morgan fingerprint density at radius 2 is 2.04 bits per heavy atom. The van der Waals surface area contributed by atoms with Gasteiger partial charge in [0.2, 0.25) is 5.91 Å². The summed E-state index contributed by atoms with van der Waals surface area (Å²) in [5.74, 6) is -0.787. The molecule has 0 radical (unpaired) electrons. The first kappa shape index (κ1) is 20.2. The van der Waals surface area contributed by atoms with Crippen molar-refractivity contribution in [3.8, 4) is 0 Å². The van der Waals surface area contributed by atoms with Crippen LogP contribution in [0.2, 0.25) is 0 Å². The van der Waals surface area contributed by atoms with Gasteiger partial charge in [0.05, 0.1) is 19.3 Å². The summed E-state index contributed by atoms with van der Waals surface area (Å²) in [6.45, 7) is 8.07. The summed E-state index contributed by atoms with van der Waals surface area (Å²) in [4.78, 5) is 42.0. The fourth-order valence-electron chi connectivity index (χ4n) is 3.46. The van der Waals surface area contributed by atoms with E-state index in [0.717, 1.165) is 12.8 Å². The number of esters is 1. The minimum Gasteiger partial charge on any atom is -0.464 e. The molecule has 2 heterocycles. The van der Waals surface area contributed by atoms with Crippen molar-refractivity contribution in [1.29, 1.82) is 0 Å². The van der Waals surface area contributed by atoms with E-state index in [2.05, 4.69) is 4.98 Å². The summed E-state index contributed by atoms with van der Waals surface area (Å²) >= 11 is 0. The Morgan fingerprint density at radius 3 is 2.58 bits per heavy atom. The van der Waals surface area contributed by atoms with Crippen LogP contribution in [0.25, 0.3) is 0 Å². The normalized spacial score (nSPS) is 17.8. The Bertz CT molecular complexity index is 688. The van der Waals surface area contributed by atoms with Crippen LogP contribution >= 0.6 is 0 Å². The number of Topliss-reactive ketones (excluding diaryl/α,β-unsaturated/α-hetero) is 1. The molecule has 1 N–H and O–H groups in total. The number of ketones is 1. The van der Waals surface area contributed by atoms with Gasteiger partial charge in [-0.15, -0.1) is 0 Å². The Labute approximate surface area is 154 Å². The van der Waals surface area contributed by atoms with Crippen molar-refractivity contribution < 1.29 is 23.9 Å². The van der Waals surface area contributed by atoms with Crippen LogP contribution in [0.3, 0.4) is 0 Å². The Kier molecular flexibility index (Phi) is 6.58. The zero-order valence-corrected chi connectivity index (χ0v) is 16.2. The largest absolute Gasteiger partial charge is 0.464 e. The van der Waals surface area contributed by atoms with Crippen molar-refractivity contribution in [2.75, 3.05) is 20.3 Å². The standard InChI is InChI=1S/C19H28N2O5/c1-6-15(22)21(10-14-8-7-9-26-14)13(4)18(23)16-11(2)17(19(24)25-5)20-12(16)3/h13-14,20H,6-10H2,1-5H3. The van der Waals surface area contributed by atoms with Crippen molar-refractivity contribution in [1.82, 2.24) is 9.88 Å². The number of aryl methyl sites for hydroxylation is 1. The van der Waals surface area contributed by atoms with Gasteiger partial charge in [-0.05, 0) is 39.2 Å². The summed E-state index contributed by atoms with van der Waals surface area (Å²) in [5, 5.41) is 0. The molecule has 0 aliphatic carbocycles. The van der Waals surface area contributed by atoms with Crippen LogP contribution in [0.5, 0.6) is 0 Å². The Balaban J connectivity index is 2.29. The number of aromatic amines is 1. The minimum atomic E-state index is -0.634. The van der Waals surface area contributed by atoms with Crippen LogP contribution in [-0.2, 0) is 14.3 Å². The zero-order chi connectivity index (χ0) is 19.4. The molecule has 1 saturated heterocycles. The summed E-state index contributed by atoms with van der Waals surface area (Å²) in [6, 6.07) is -0.634. The number of hydrogen-bond donors (Lipinski definition) is 1. The smallest absolute Gasteiger partial charge is 0.354 e. The molecular formula is C19H28N2O5. The van der Waals surface area contributed by atoms with Crippen molar-refractivity contribution in [2.45, 2.75) is 59.1 Å². The molecule has 7 heteroatoms. The number of nitrogens with one attached hydrogen (secondary N) is 1. The van der Waals surface area contributed by atoms with Crippen LogP contribution in [-0.4, -0.2) is 60.0 Å². The average molecular weight is 364 g/mol. The van der Waals surface area contributed by atoms with Crippen molar-refractivity contribution in [3.63, 3.8) is 0 Å². The molecule has 1 aliphatic heterocycles. The van der Waals surface area contributed by atoms with Crippen LogP contribution < -0.4 is 0 Å². The van der Waals surface area contributed by atoms with E-state index >= 15 is 0 Å². The highest BCUT2D eigenvalue weighted by molar-refractivity contribution is 6.06. The van der Waals surface area contributed by atoms with E-state index in [1.165, 1.54) is 7.11 Å². The van der Waals surface area contributed by atoms with Gasteiger partial charge in [-0.3, -0.25) is 9.59 Å². The second kappa shape index (κ2) is 8.49. The van der Waals surface area contributed by atoms with Crippen LogP contribution in [0, 0.1) is 13.8 Å². The molecule has 0 bridgehead atoms. The predicted molar refractivity (Wildman–Crippen MR) is 96.4 cm³/mol. The number of aromatic nitrogens is 1. The first-order chi connectivity index (χ1) is 12.3. The highest BCUT2D eigenvalue weighted by Crippen LogP contribution is 2.23. The number of nitrogens with zero attached hydrogens (tertiary/aromatic N) is 1. The molecule has 1 amide bonds. The predicted octanol–water partition coefficient (Wildman–Crippen LogP) is 2.41. The number of carbonyl (C=O) groups excluding carboxylic acids is 3. The molecule has 2 rings (SSSR count). The molecular weight excluding hydrogens is 336 g/mol. The van der Waals surface area contributed by atoms with Crippen molar-refractivity contribution in [2.24, 2.45) is 0 Å². The maximum atomic E-state index is 13.1. The Hall–Kier alpha value is -2.15. The van der Waals surface area contributed by atoms with E-state index < -0.39 is 12.0 Å². The summed E-state index contributed by atoms with van der Waals surface area (Å²) in [5.41, 5.74) is 1.86. The molecule has 0 aromatic carbocycles. The molecule has 0 saturated carbocycles. The first-order valence-electron chi connectivity index (χ1n) is 9.04. The molecule has 1 aromatic heterocycles. The molecule has 7 nitrogen and oxygen atoms in total. The van der Waals surface area contributed by atoms with E-state index in [4.69, 9.17) is 9.47 Å². The quantitative estimate of drug-likeness (QED) is 0.593. The molecule has 2 atom stereocenters. The highest BCUT2D eigenvalue weighted by atomic mass is 16.5. The van der Waals surface area contributed by atoms with Gasteiger partial charge >= 0.3 is 5.97 Å². The van der Waals surface area contributed by atoms with Gasteiger partial charge < -0.3 is 19.4 Å². The highest BCUT2D eigenvalue weighted by Gasteiger charge is 2.32. The van der Waals surface area contributed by atoms with Crippen LogP contribution in [0.15, 0.2) is 0 Å². The van der Waals surface area contributed by atoms with Gasteiger partial charge in [-0.25, -0.2) is 4.79 Å². The lowest BCUT2D eigenvalue weighted by molar-refractivity contribution is -0.133. The molecule has 1 aliphatic rings. The zero-order valence-electron chi connectivity index (χ0n) is 16.2. The fraction of sp³-hybridized carbons (Fsp3) is 0.632. The van der Waals surface area contributed by atoms with Gasteiger partial charge in [0.15, 0.2) is 5.78 Å². The second-order valence-electron chi connectivity index (χ2n) is 6.69. The number of carbonyl (C=O) groups is 3. The molecule has 26 heavy (non-hydrogen) atoms. The second-order valence-corrected chi connectivity index (χ2v) is 6.69. The molecule has 1 fully saturated rings. The molecule has 2 unspecified atom stereocenters. The van der Waals surface area contributed by atoms with Gasteiger partial charge in [-0.1, -0.05) is 6.92 Å². The van der Waals surface area contributed by atoms with E-state index in [1.54, 1.807) is 32.6 Å². The van der Waals surface area contributed by atoms with E-state index in [-0.39, 0.29) is 23.5 Å². The summed E-state index contributed by atoms with van der Waals surface area (Å²) in [7, 11) is 1.30. The molecule has 0 spiro atoms. The summed E-state index contributed by atoms with van der Waals surface area (Å²) in [6.07, 6.45) is 2.16. The third kappa shape index (κ3) is 3.98. The number of methoxy groups -OCH3 is 1. The monoisotopic (exact) mass is 364 g/mol. The lowest BCUT2D eigenvalue weighted by atomic mass is 9.99. The first-order valence-corrected chi connectivity index (χ1v) is 9.04. The third-order valence-corrected chi connectivity index (χ3v) is 4.97. The average Bonchev–Trinajstić information content (AvgIpc) is 3.24. The number of amides is 1. The van der Waals surface area contributed by atoms with Gasteiger partial charge in [0, 0.05) is 30.8 Å². The van der Waals surface area contributed by atoms with Gasteiger partial charge in [-0.2, -0.15) is 0 Å². The lowest BCUT2D eigenvalue weighted by Gasteiger charge is -2.30. The van der Waals surface area contributed by atoms with Crippen molar-refractivity contribution in [3.05, 3.63) is 22.5 Å². The number of rotatable bonds is 7. The SMILES string of the molecule is CCC(=O)N(CC1CCCO1)C(C)C(=O)c1c(C)[nH]c(C(=O)OC)c1C. The van der Waals surface area contributed by atoms with E-state index in [9.17, 15) is 14.4 Å². The number of hydrogen-bond acceptors (Lipinski definition) is 5. The van der Waals surface area contributed by atoms with Crippen LogP contribution in [0.1, 0.15) is 65.2 Å². The lowest BCUT2D eigenvalue weighted by Crippen LogP contribution is -2.46. The number of H-pyrrole nitrogens is 1. The maximum Gasteiger partial charge on any atom is 0.354 e. The maximum absolute atomic E-state index is 13.1.